The van der Waals surface area contributed by atoms with Gasteiger partial charge in [-0.25, -0.2) is 9.48 Å². The Morgan fingerprint density at radius 2 is 2.18 bits per heavy atom. The predicted molar refractivity (Wildman–Crippen MR) is 86.9 cm³/mol. The van der Waals surface area contributed by atoms with Crippen molar-refractivity contribution in [1.29, 1.82) is 0 Å². The zero-order valence-corrected chi connectivity index (χ0v) is 13.5. The van der Waals surface area contributed by atoms with E-state index in [4.69, 9.17) is 5.11 Å². The average molecular weight is 308 g/mol. The molecule has 1 aromatic rings. The topological polar surface area (TPSA) is 70.4 Å². The largest absolute Gasteiger partial charge is 0.395 e. The molecule has 0 radical (unpaired) electrons. The van der Waals surface area contributed by atoms with Gasteiger partial charge in [-0.1, -0.05) is 32.6 Å². The summed E-state index contributed by atoms with van der Waals surface area (Å²) in [6, 6.07) is 2.09. The van der Waals surface area contributed by atoms with Crippen molar-refractivity contribution < 1.29 is 9.90 Å². The standard InChI is InChI=1S/C16H28N4O2/c1-2-3-11-19(12-13-21)16(22)18-15-9-10-17-20(15)14-7-5-4-6-8-14/h9-10,14,21H,2-8,11-13H2,1H3,(H,18,22). The molecular formula is C16H28N4O2. The minimum absolute atomic E-state index is 0.0149. The zero-order chi connectivity index (χ0) is 15.8. The van der Waals surface area contributed by atoms with E-state index in [-0.39, 0.29) is 12.6 Å². The highest BCUT2D eigenvalue weighted by atomic mass is 16.3. The summed E-state index contributed by atoms with van der Waals surface area (Å²) in [5.41, 5.74) is 0. The van der Waals surface area contributed by atoms with Crippen LogP contribution >= 0.6 is 0 Å². The Kier molecular flexibility index (Phi) is 6.71. The molecule has 2 rings (SSSR count). The first-order chi connectivity index (χ1) is 10.8. The normalized spacial score (nSPS) is 15.7. The molecule has 6 nitrogen and oxygen atoms in total. The van der Waals surface area contributed by atoms with Crippen LogP contribution in [0, 0.1) is 0 Å². The van der Waals surface area contributed by atoms with Crippen LogP contribution in [0.1, 0.15) is 57.9 Å². The molecule has 0 spiro atoms. The number of anilines is 1. The van der Waals surface area contributed by atoms with Crippen molar-refractivity contribution in [2.75, 3.05) is 25.0 Å². The van der Waals surface area contributed by atoms with Crippen LogP contribution in [0.15, 0.2) is 12.3 Å². The monoisotopic (exact) mass is 308 g/mol. The Bertz CT molecular complexity index is 455. The van der Waals surface area contributed by atoms with Crippen LogP contribution in [0.5, 0.6) is 0 Å². The van der Waals surface area contributed by atoms with E-state index in [9.17, 15) is 4.79 Å². The average Bonchev–Trinajstić information content (AvgIpc) is 3.00. The van der Waals surface area contributed by atoms with Gasteiger partial charge in [0, 0.05) is 19.2 Å². The van der Waals surface area contributed by atoms with E-state index in [1.807, 2.05) is 10.7 Å². The molecule has 1 aliphatic carbocycles. The smallest absolute Gasteiger partial charge is 0.323 e. The highest BCUT2D eigenvalue weighted by molar-refractivity contribution is 5.88. The molecule has 0 bridgehead atoms. The summed E-state index contributed by atoms with van der Waals surface area (Å²) < 4.78 is 1.95. The van der Waals surface area contributed by atoms with Crippen molar-refractivity contribution in [3.63, 3.8) is 0 Å². The van der Waals surface area contributed by atoms with E-state index in [0.29, 0.717) is 19.1 Å². The van der Waals surface area contributed by atoms with E-state index in [2.05, 4.69) is 17.3 Å². The molecular weight excluding hydrogens is 280 g/mol. The SMILES string of the molecule is CCCCN(CCO)C(=O)Nc1ccnn1C1CCCCC1. The fourth-order valence-corrected chi connectivity index (χ4v) is 3.00. The molecule has 0 unspecified atom stereocenters. The van der Waals surface area contributed by atoms with E-state index >= 15 is 0 Å². The third-order valence-corrected chi connectivity index (χ3v) is 4.26. The van der Waals surface area contributed by atoms with Gasteiger partial charge in [-0.2, -0.15) is 5.10 Å². The Morgan fingerprint density at radius 3 is 2.86 bits per heavy atom. The Hall–Kier alpha value is -1.56. The quantitative estimate of drug-likeness (QED) is 0.813. The molecule has 124 valence electrons. The minimum Gasteiger partial charge on any atom is -0.395 e. The van der Waals surface area contributed by atoms with Crippen molar-refractivity contribution >= 4 is 11.8 Å². The molecule has 0 aliphatic heterocycles. The number of rotatable bonds is 7. The number of carbonyl (C=O) groups is 1. The van der Waals surface area contributed by atoms with Gasteiger partial charge in [-0.3, -0.25) is 5.32 Å². The van der Waals surface area contributed by atoms with Gasteiger partial charge in [0.25, 0.3) is 0 Å². The lowest BCUT2D eigenvalue weighted by Gasteiger charge is -2.26. The number of carbonyl (C=O) groups excluding carboxylic acids is 1. The number of hydrogen-bond acceptors (Lipinski definition) is 3. The lowest BCUT2D eigenvalue weighted by molar-refractivity contribution is 0.187. The van der Waals surface area contributed by atoms with Gasteiger partial charge in [-0.15, -0.1) is 0 Å². The van der Waals surface area contributed by atoms with Gasteiger partial charge in [0.15, 0.2) is 0 Å². The van der Waals surface area contributed by atoms with Crippen molar-refractivity contribution in [2.24, 2.45) is 0 Å². The summed E-state index contributed by atoms with van der Waals surface area (Å²) in [5, 5.41) is 16.5. The van der Waals surface area contributed by atoms with Crippen molar-refractivity contribution in [3.05, 3.63) is 12.3 Å². The molecule has 2 N–H and O–H groups in total. The molecule has 1 saturated carbocycles. The first kappa shape index (κ1) is 16.8. The summed E-state index contributed by atoms with van der Waals surface area (Å²) in [7, 11) is 0. The number of aliphatic hydroxyl groups excluding tert-OH is 1. The number of nitrogens with zero attached hydrogens (tertiary/aromatic N) is 3. The van der Waals surface area contributed by atoms with Crippen LogP contribution in [-0.2, 0) is 0 Å². The van der Waals surface area contributed by atoms with E-state index in [1.165, 1.54) is 19.3 Å². The minimum atomic E-state index is -0.153. The second-order valence-electron chi connectivity index (χ2n) is 5.95. The van der Waals surface area contributed by atoms with Crippen LogP contribution in [0.3, 0.4) is 0 Å². The summed E-state index contributed by atoms with van der Waals surface area (Å²) >= 11 is 0. The maximum atomic E-state index is 12.4. The lowest BCUT2D eigenvalue weighted by Crippen LogP contribution is -2.38. The van der Waals surface area contributed by atoms with Crippen LogP contribution in [0.2, 0.25) is 0 Å². The number of aliphatic hydroxyl groups is 1. The van der Waals surface area contributed by atoms with Gasteiger partial charge in [-0.05, 0) is 19.3 Å². The first-order valence-corrected chi connectivity index (χ1v) is 8.46. The second kappa shape index (κ2) is 8.78. The molecule has 22 heavy (non-hydrogen) atoms. The fourth-order valence-electron chi connectivity index (χ4n) is 3.00. The Balaban J connectivity index is 1.99. The molecule has 0 saturated heterocycles. The molecule has 1 aromatic heterocycles. The molecule has 1 heterocycles. The first-order valence-electron chi connectivity index (χ1n) is 8.46. The van der Waals surface area contributed by atoms with Gasteiger partial charge in [0.1, 0.15) is 5.82 Å². The van der Waals surface area contributed by atoms with Crippen LogP contribution < -0.4 is 5.32 Å². The van der Waals surface area contributed by atoms with Gasteiger partial charge in [0.2, 0.25) is 0 Å². The number of amides is 2. The second-order valence-corrected chi connectivity index (χ2v) is 5.95. The van der Waals surface area contributed by atoms with Gasteiger partial charge in [0.05, 0.1) is 18.8 Å². The number of aromatic nitrogens is 2. The summed E-state index contributed by atoms with van der Waals surface area (Å²) in [6.45, 7) is 3.11. The van der Waals surface area contributed by atoms with Crippen LogP contribution in [0.4, 0.5) is 10.6 Å². The molecule has 0 aromatic carbocycles. The van der Waals surface area contributed by atoms with E-state index < -0.39 is 0 Å². The Morgan fingerprint density at radius 1 is 1.41 bits per heavy atom. The van der Waals surface area contributed by atoms with Crippen molar-refractivity contribution in [2.45, 2.75) is 57.9 Å². The van der Waals surface area contributed by atoms with Crippen molar-refractivity contribution in [3.8, 4) is 0 Å². The Labute approximate surface area is 132 Å². The number of hydrogen-bond donors (Lipinski definition) is 2. The molecule has 1 fully saturated rings. The maximum Gasteiger partial charge on any atom is 0.323 e. The summed E-state index contributed by atoms with van der Waals surface area (Å²) in [4.78, 5) is 14.1. The van der Waals surface area contributed by atoms with E-state index in [1.54, 1.807) is 11.1 Å². The van der Waals surface area contributed by atoms with Gasteiger partial charge < -0.3 is 10.0 Å². The third kappa shape index (κ3) is 4.47. The van der Waals surface area contributed by atoms with E-state index in [0.717, 1.165) is 31.5 Å². The number of nitrogens with one attached hydrogen (secondary N) is 1. The van der Waals surface area contributed by atoms with Crippen LogP contribution in [0.25, 0.3) is 0 Å². The fraction of sp³-hybridized carbons (Fsp3) is 0.750. The highest BCUT2D eigenvalue weighted by Crippen LogP contribution is 2.29. The molecule has 1 aliphatic rings. The summed E-state index contributed by atoms with van der Waals surface area (Å²) in [6.07, 6.45) is 9.70. The zero-order valence-electron chi connectivity index (χ0n) is 13.5. The van der Waals surface area contributed by atoms with Gasteiger partial charge >= 0.3 is 6.03 Å². The molecule has 2 amide bonds. The maximum absolute atomic E-state index is 12.4. The van der Waals surface area contributed by atoms with Crippen molar-refractivity contribution in [1.82, 2.24) is 14.7 Å². The molecule has 0 atom stereocenters. The number of unbranched alkanes of at least 4 members (excludes halogenated alkanes) is 1. The predicted octanol–water partition coefficient (Wildman–Crippen LogP) is 3.01. The summed E-state index contributed by atoms with van der Waals surface area (Å²) in [5.74, 6) is 0.760. The molecule has 6 heteroatoms. The van der Waals surface area contributed by atoms with Crippen LogP contribution in [-0.4, -0.2) is 45.5 Å². The number of urea groups is 1. The highest BCUT2D eigenvalue weighted by Gasteiger charge is 2.20. The third-order valence-electron chi connectivity index (χ3n) is 4.26. The lowest BCUT2D eigenvalue weighted by atomic mass is 9.96.